The summed E-state index contributed by atoms with van der Waals surface area (Å²) in [5.74, 6) is -0.996. The molecule has 0 N–H and O–H groups in total. The molecule has 0 amide bonds. The largest absolute Gasteiger partial charge is 0.454 e. The highest BCUT2D eigenvalue weighted by atomic mass is 32.2. The molecule has 1 heterocycles. The van der Waals surface area contributed by atoms with E-state index in [4.69, 9.17) is 4.74 Å². The molecular formula is C20H18O5S2. The Hall–Kier alpha value is -2.51. The van der Waals surface area contributed by atoms with Gasteiger partial charge in [-0.05, 0) is 48.6 Å². The Labute approximate surface area is 161 Å². The van der Waals surface area contributed by atoms with E-state index in [0.717, 1.165) is 21.9 Å². The van der Waals surface area contributed by atoms with Gasteiger partial charge in [0.25, 0.3) is 0 Å². The van der Waals surface area contributed by atoms with Crippen LogP contribution in [0.1, 0.15) is 31.2 Å². The van der Waals surface area contributed by atoms with Gasteiger partial charge in [-0.3, -0.25) is 4.79 Å². The van der Waals surface area contributed by atoms with Crippen LogP contribution in [-0.4, -0.2) is 33.0 Å². The van der Waals surface area contributed by atoms with Crippen molar-refractivity contribution in [2.24, 2.45) is 0 Å². The Balaban J connectivity index is 1.79. The van der Waals surface area contributed by atoms with Crippen LogP contribution in [0.2, 0.25) is 0 Å². The van der Waals surface area contributed by atoms with Crippen molar-refractivity contribution in [2.45, 2.75) is 18.7 Å². The molecule has 0 aliphatic carbocycles. The number of ether oxygens (including phenoxy) is 1. The predicted molar refractivity (Wildman–Crippen MR) is 105 cm³/mol. The lowest BCUT2D eigenvalue weighted by Gasteiger charge is -2.08. The topological polar surface area (TPSA) is 77.5 Å². The molecule has 2 aromatic carbocycles. The zero-order valence-corrected chi connectivity index (χ0v) is 16.7. The fourth-order valence-corrected chi connectivity index (χ4v) is 4.55. The maximum absolute atomic E-state index is 12.5. The number of hydrogen-bond acceptors (Lipinski definition) is 6. The van der Waals surface area contributed by atoms with Crippen molar-refractivity contribution >= 4 is 43.0 Å². The molecule has 1 aromatic heterocycles. The molecule has 0 atom stereocenters. The number of fused-ring (bicyclic) bond motifs is 1. The van der Waals surface area contributed by atoms with E-state index >= 15 is 0 Å². The van der Waals surface area contributed by atoms with Crippen molar-refractivity contribution in [3.05, 3.63) is 64.0 Å². The third-order valence-electron chi connectivity index (χ3n) is 4.29. The lowest BCUT2D eigenvalue weighted by molar-refractivity contribution is 0.0474. The number of benzene rings is 2. The molecule has 0 aliphatic heterocycles. The molecule has 5 nitrogen and oxygen atoms in total. The van der Waals surface area contributed by atoms with Gasteiger partial charge in [0, 0.05) is 11.0 Å². The normalized spacial score (nSPS) is 11.5. The van der Waals surface area contributed by atoms with Crippen LogP contribution in [0, 0.1) is 13.8 Å². The monoisotopic (exact) mass is 402 g/mol. The molecule has 0 fully saturated rings. The molecule has 140 valence electrons. The first kappa shape index (κ1) is 19.3. The third-order valence-corrected chi connectivity index (χ3v) is 6.71. The van der Waals surface area contributed by atoms with E-state index < -0.39 is 22.4 Å². The SMILES string of the molecule is Cc1ccc(S(C)(=O)=O)cc1C(=O)OCC(=O)c1sc2ccccc2c1C. The Morgan fingerprint density at radius 1 is 1.07 bits per heavy atom. The van der Waals surface area contributed by atoms with Crippen LogP contribution < -0.4 is 0 Å². The zero-order valence-electron chi connectivity index (χ0n) is 15.1. The smallest absolute Gasteiger partial charge is 0.338 e. The second-order valence-electron chi connectivity index (χ2n) is 6.30. The lowest BCUT2D eigenvalue weighted by Crippen LogP contribution is -2.15. The van der Waals surface area contributed by atoms with Crippen LogP contribution in [0.5, 0.6) is 0 Å². The molecule has 0 bridgehead atoms. The molecule has 3 aromatic rings. The van der Waals surface area contributed by atoms with Crippen molar-refractivity contribution in [3.63, 3.8) is 0 Å². The van der Waals surface area contributed by atoms with E-state index in [-0.39, 0.29) is 16.2 Å². The number of Topliss-reactive ketones (excluding diaryl/α,β-unsaturated/α-hetero) is 1. The summed E-state index contributed by atoms with van der Waals surface area (Å²) >= 11 is 1.37. The molecule has 7 heteroatoms. The van der Waals surface area contributed by atoms with Gasteiger partial charge in [0.15, 0.2) is 16.4 Å². The van der Waals surface area contributed by atoms with Gasteiger partial charge < -0.3 is 4.74 Å². The van der Waals surface area contributed by atoms with Crippen molar-refractivity contribution in [3.8, 4) is 0 Å². The minimum absolute atomic E-state index is 0.0340. The summed E-state index contributed by atoms with van der Waals surface area (Å²) in [5.41, 5.74) is 1.59. The van der Waals surface area contributed by atoms with Gasteiger partial charge in [0.1, 0.15) is 0 Å². The van der Waals surface area contributed by atoms with Crippen LogP contribution in [0.3, 0.4) is 0 Å². The van der Waals surface area contributed by atoms with Crippen LogP contribution in [0.4, 0.5) is 0 Å². The molecular weight excluding hydrogens is 384 g/mol. The number of carbonyl (C=O) groups is 2. The Kier molecular flexibility index (Phi) is 5.17. The third kappa shape index (κ3) is 3.94. The number of thiophene rings is 1. The highest BCUT2D eigenvalue weighted by molar-refractivity contribution is 7.90. The maximum Gasteiger partial charge on any atom is 0.338 e. The van der Waals surface area contributed by atoms with Gasteiger partial charge in [-0.25, -0.2) is 13.2 Å². The molecule has 0 saturated carbocycles. The van der Waals surface area contributed by atoms with E-state index in [1.807, 2.05) is 31.2 Å². The summed E-state index contributed by atoms with van der Waals surface area (Å²) in [4.78, 5) is 25.5. The van der Waals surface area contributed by atoms with Gasteiger partial charge in [-0.2, -0.15) is 0 Å². The summed E-state index contributed by atoms with van der Waals surface area (Å²) in [5, 5.41) is 1.01. The lowest BCUT2D eigenvalue weighted by atomic mass is 10.1. The Morgan fingerprint density at radius 2 is 1.78 bits per heavy atom. The van der Waals surface area contributed by atoms with Gasteiger partial charge in [0.2, 0.25) is 5.78 Å². The first-order valence-electron chi connectivity index (χ1n) is 8.17. The van der Waals surface area contributed by atoms with Gasteiger partial charge in [-0.1, -0.05) is 24.3 Å². The molecule has 27 heavy (non-hydrogen) atoms. The van der Waals surface area contributed by atoms with E-state index in [9.17, 15) is 18.0 Å². The van der Waals surface area contributed by atoms with Gasteiger partial charge in [0.05, 0.1) is 15.3 Å². The summed E-state index contributed by atoms with van der Waals surface area (Å²) in [6.07, 6.45) is 1.07. The number of aryl methyl sites for hydroxylation is 2. The van der Waals surface area contributed by atoms with E-state index in [2.05, 4.69) is 0 Å². The van der Waals surface area contributed by atoms with Crippen LogP contribution in [-0.2, 0) is 14.6 Å². The highest BCUT2D eigenvalue weighted by Crippen LogP contribution is 2.30. The van der Waals surface area contributed by atoms with Crippen LogP contribution in [0.25, 0.3) is 10.1 Å². The van der Waals surface area contributed by atoms with E-state index in [0.29, 0.717) is 10.4 Å². The number of carbonyl (C=O) groups excluding carboxylic acids is 2. The second-order valence-corrected chi connectivity index (χ2v) is 9.37. The first-order chi connectivity index (χ1) is 12.7. The van der Waals surface area contributed by atoms with Crippen LogP contribution in [0.15, 0.2) is 47.4 Å². The quantitative estimate of drug-likeness (QED) is 0.477. The average Bonchev–Trinajstić information content (AvgIpc) is 2.96. The fourth-order valence-electron chi connectivity index (χ4n) is 2.77. The number of ketones is 1. The number of hydrogen-bond donors (Lipinski definition) is 0. The molecule has 3 rings (SSSR count). The Bertz CT molecular complexity index is 1160. The number of sulfone groups is 1. The summed E-state index contributed by atoms with van der Waals surface area (Å²) < 4.78 is 29.5. The fraction of sp³-hybridized carbons (Fsp3) is 0.200. The minimum atomic E-state index is -3.44. The molecule has 0 unspecified atom stereocenters. The zero-order chi connectivity index (χ0) is 19.8. The van der Waals surface area contributed by atoms with Crippen molar-refractivity contribution in [1.29, 1.82) is 0 Å². The molecule has 0 spiro atoms. The van der Waals surface area contributed by atoms with Gasteiger partial charge in [-0.15, -0.1) is 11.3 Å². The molecule has 0 aliphatic rings. The van der Waals surface area contributed by atoms with E-state index in [1.54, 1.807) is 13.0 Å². The van der Waals surface area contributed by atoms with Crippen molar-refractivity contribution in [1.82, 2.24) is 0 Å². The van der Waals surface area contributed by atoms with Gasteiger partial charge >= 0.3 is 5.97 Å². The number of rotatable bonds is 5. The highest BCUT2D eigenvalue weighted by Gasteiger charge is 2.19. The summed E-state index contributed by atoms with van der Waals surface area (Å²) in [6, 6.07) is 12.0. The van der Waals surface area contributed by atoms with Crippen LogP contribution >= 0.6 is 11.3 Å². The second kappa shape index (κ2) is 7.25. The van der Waals surface area contributed by atoms with Crippen molar-refractivity contribution in [2.75, 3.05) is 12.9 Å². The summed E-state index contributed by atoms with van der Waals surface area (Å²) in [6.45, 7) is 3.16. The molecule has 0 radical (unpaired) electrons. The average molecular weight is 402 g/mol. The van der Waals surface area contributed by atoms with Crippen molar-refractivity contribution < 1.29 is 22.7 Å². The van der Waals surface area contributed by atoms with E-state index in [1.165, 1.54) is 23.5 Å². The Morgan fingerprint density at radius 3 is 2.44 bits per heavy atom. The predicted octanol–water partition coefficient (Wildman–Crippen LogP) is 3.96. The minimum Gasteiger partial charge on any atom is -0.454 e. The summed E-state index contributed by atoms with van der Waals surface area (Å²) in [7, 11) is -3.44. The molecule has 0 saturated heterocycles. The first-order valence-corrected chi connectivity index (χ1v) is 10.9. The number of esters is 1. The maximum atomic E-state index is 12.5. The standard InChI is InChI=1S/C20H18O5S2/c1-12-8-9-14(27(3,23)24)10-16(12)20(22)25-11-17(21)19-13(2)15-6-4-5-7-18(15)26-19/h4-10H,11H2,1-3H3.